The van der Waals surface area contributed by atoms with Crippen LogP contribution in [0.1, 0.15) is 23.9 Å². The number of aryl methyl sites for hydroxylation is 1. The van der Waals surface area contributed by atoms with Crippen LogP contribution in [0.2, 0.25) is 0 Å². The molecule has 0 radical (unpaired) electrons. The van der Waals surface area contributed by atoms with Crippen LogP contribution in [0, 0.1) is 6.92 Å². The maximum Gasteiger partial charge on any atom is 0.318 e. The second-order valence-electron chi connectivity index (χ2n) is 7.52. The minimum absolute atomic E-state index is 0.0698. The number of nitrogens with zero attached hydrogens (tertiary/aromatic N) is 3. The smallest absolute Gasteiger partial charge is 0.318 e. The first-order chi connectivity index (χ1) is 14.0. The zero-order chi connectivity index (χ0) is 20.4. The Kier molecular flexibility index (Phi) is 5.28. The third-order valence-electron chi connectivity index (χ3n) is 5.06. The summed E-state index contributed by atoms with van der Waals surface area (Å²) in [6, 6.07) is 7.34. The van der Waals surface area contributed by atoms with Crippen LogP contribution in [0.5, 0.6) is 11.5 Å². The number of carbonyl (C=O) groups excluding carboxylic acids is 2. The van der Waals surface area contributed by atoms with Crippen molar-refractivity contribution in [3.8, 4) is 11.5 Å². The van der Waals surface area contributed by atoms with Gasteiger partial charge in [-0.25, -0.2) is 4.79 Å². The minimum atomic E-state index is -0.221. The third-order valence-corrected chi connectivity index (χ3v) is 5.06. The van der Waals surface area contributed by atoms with Crippen LogP contribution in [0.15, 0.2) is 24.3 Å². The third kappa shape index (κ3) is 4.44. The molecule has 3 amide bonds. The summed E-state index contributed by atoms with van der Waals surface area (Å²) >= 11 is 0. The summed E-state index contributed by atoms with van der Waals surface area (Å²) in [5, 5.41) is 10.0. The zero-order valence-corrected chi connectivity index (χ0v) is 16.6. The number of aromatic nitrogens is 2. The number of amides is 3. The van der Waals surface area contributed by atoms with Crippen LogP contribution in [-0.4, -0.2) is 64.4 Å². The van der Waals surface area contributed by atoms with Crippen molar-refractivity contribution in [2.24, 2.45) is 0 Å². The predicted molar refractivity (Wildman–Crippen MR) is 105 cm³/mol. The standard InChI is InChI=1S/C20H25N5O4/c1-13(7-16-8-14(2)22-23-16)21-20(27)25-6-5-24(19(26)11-25)10-15-3-4-17-18(9-15)29-12-28-17/h3-4,8-9,13H,5-7,10-12H2,1-2H3,(H,21,27)(H,22,23)/t13-/m1/s1. The maximum atomic E-state index is 12.6. The molecular weight excluding hydrogens is 374 g/mol. The Bertz CT molecular complexity index is 912. The first kappa shape index (κ1) is 19.1. The summed E-state index contributed by atoms with van der Waals surface area (Å²) < 4.78 is 10.7. The van der Waals surface area contributed by atoms with Crippen LogP contribution in [0.4, 0.5) is 4.79 Å². The first-order valence-corrected chi connectivity index (χ1v) is 9.70. The Morgan fingerprint density at radius 1 is 1.28 bits per heavy atom. The fourth-order valence-corrected chi connectivity index (χ4v) is 3.55. The minimum Gasteiger partial charge on any atom is -0.454 e. The van der Waals surface area contributed by atoms with Crippen molar-refractivity contribution in [1.82, 2.24) is 25.3 Å². The summed E-state index contributed by atoms with van der Waals surface area (Å²) in [5.74, 6) is 1.36. The normalized spacial score (nSPS) is 16.8. The molecule has 2 aliphatic heterocycles. The molecule has 2 aromatic rings. The lowest BCUT2D eigenvalue weighted by Gasteiger charge is -2.35. The molecule has 4 rings (SSSR count). The number of aromatic amines is 1. The topological polar surface area (TPSA) is 99.8 Å². The van der Waals surface area contributed by atoms with Crippen molar-refractivity contribution < 1.29 is 19.1 Å². The Balaban J connectivity index is 1.28. The fourth-order valence-electron chi connectivity index (χ4n) is 3.55. The summed E-state index contributed by atoms with van der Waals surface area (Å²) in [6.07, 6.45) is 0.633. The monoisotopic (exact) mass is 399 g/mol. The number of H-pyrrole nitrogens is 1. The van der Waals surface area contributed by atoms with Gasteiger partial charge in [0.2, 0.25) is 12.7 Å². The number of rotatable bonds is 5. The van der Waals surface area contributed by atoms with Crippen molar-refractivity contribution in [1.29, 1.82) is 0 Å². The second kappa shape index (κ2) is 8.02. The molecule has 2 N–H and O–H groups in total. The Morgan fingerprint density at radius 2 is 2.10 bits per heavy atom. The molecule has 1 aromatic heterocycles. The van der Waals surface area contributed by atoms with Crippen molar-refractivity contribution >= 4 is 11.9 Å². The summed E-state index contributed by atoms with van der Waals surface area (Å²) in [4.78, 5) is 28.4. The zero-order valence-electron chi connectivity index (χ0n) is 16.6. The Morgan fingerprint density at radius 3 is 2.86 bits per heavy atom. The van der Waals surface area contributed by atoms with Crippen molar-refractivity contribution in [3.63, 3.8) is 0 Å². The maximum absolute atomic E-state index is 12.6. The van der Waals surface area contributed by atoms with E-state index in [0.717, 1.165) is 22.7 Å². The van der Waals surface area contributed by atoms with E-state index in [-0.39, 0.29) is 31.3 Å². The molecule has 1 aromatic carbocycles. The molecule has 1 saturated heterocycles. The molecule has 9 nitrogen and oxygen atoms in total. The van der Waals surface area contributed by atoms with Crippen LogP contribution in [-0.2, 0) is 17.8 Å². The van der Waals surface area contributed by atoms with Gasteiger partial charge >= 0.3 is 6.03 Å². The first-order valence-electron chi connectivity index (χ1n) is 9.70. The van der Waals surface area contributed by atoms with E-state index in [1.165, 1.54) is 0 Å². The Hall–Kier alpha value is -3.23. The predicted octanol–water partition coefficient (Wildman–Crippen LogP) is 1.43. The molecule has 1 atom stereocenters. The summed E-state index contributed by atoms with van der Waals surface area (Å²) in [5.41, 5.74) is 2.87. The molecule has 0 unspecified atom stereocenters. The van der Waals surface area contributed by atoms with Gasteiger partial charge < -0.3 is 24.6 Å². The highest BCUT2D eigenvalue weighted by molar-refractivity contribution is 5.85. The molecule has 0 saturated carbocycles. The van der Waals surface area contributed by atoms with Gasteiger partial charge in [-0.3, -0.25) is 9.89 Å². The highest BCUT2D eigenvalue weighted by atomic mass is 16.7. The van der Waals surface area contributed by atoms with E-state index in [0.29, 0.717) is 31.8 Å². The van der Waals surface area contributed by atoms with E-state index in [1.54, 1.807) is 9.80 Å². The fraction of sp³-hybridized carbons (Fsp3) is 0.450. The summed E-state index contributed by atoms with van der Waals surface area (Å²) in [7, 11) is 0. The lowest BCUT2D eigenvalue weighted by Crippen LogP contribution is -2.55. The number of benzene rings is 1. The molecule has 9 heteroatoms. The quantitative estimate of drug-likeness (QED) is 0.792. The molecule has 0 bridgehead atoms. The summed E-state index contributed by atoms with van der Waals surface area (Å²) in [6.45, 7) is 5.65. The number of fused-ring (bicyclic) bond motifs is 1. The molecule has 154 valence electrons. The SMILES string of the molecule is Cc1cc(C[C@@H](C)NC(=O)N2CCN(Cc3ccc4c(c3)OCO4)C(=O)C2)n[nH]1. The van der Waals surface area contributed by atoms with Crippen LogP contribution in [0.3, 0.4) is 0 Å². The van der Waals surface area contributed by atoms with Gasteiger partial charge in [0.05, 0.1) is 5.69 Å². The van der Waals surface area contributed by atoms with E-state index >= 15 is 0 Å². The van der Waals surface area contributed by atoms with Gasteiger partial charge in [-0.05, 0) is 37.6 Å². The largest absolute Gasteiger partial charge is 0.454 e. The van der Waals surface area contributed by atoms with E-state index in [1.807, 2.05) is 38.1 Å². The molecule has 0 spiro atoms. The highest BCUT2D eigenvalue weighted by Gasteiger charge is 2.28. The van der Waals surface area contributed by atoms with Gasteiger partial charge in [-0.15, -0.1) is 0 Å². The number of urea groups is 1. The lowest BCUT2D eigenvalue weighted by atomic mass is 10.1. The molecule has 0 aliphatic carbocycles. The number of carbonyl (C=O) groups is 2. The van der Waals surface area contributed by atoms with E-state index in [2.05, 4.69) is 15.5 Å². The number of nitrogens with one attached hydrogen (secondary N) is 2. The van der Waals surface area contributed by atoms with Crippen LogP contribution < -0.4 is 14.8 Å². The number of hydrogen-bond acceptors (Lipinski definition) is 5. The van der Waals surface area contributed by atoms with E-state index in [4.69, 9.17) is 9.47 Å². The van der Waals surface area contributed by atoms with Gasteiger partial charge in [0.25, 0.3) is 0 Å². The van der Waals surface area contributed by atoms with Gasteiger partial charge in [0, 0.05) is 37.8 Å². The van der Waals surface area contributed by atoms with E-state index < -0.39 is 0 Å². The number of piperazine rings is 1. The van der Waals surface area contributed by atoms with Gasteiger partial charge in [0.1, 0.15) is 6.54 Å². The molecular formula is C20H25N5O4. The molecule has 2 aliphatic rings. The molecule has 1 fully saturated rings. The number of hydrogen-bond donors (Lipinski definition) is 2. The van der Waals surface area contributed by atoms with Crippen molar-refractivity contribution in [2.45, 2.75) is 32.9 Å². The van der Waals surface area contributed by atoms with E-state index in [9.17, 15) is 9.59 Å². The average Bonchev–Trinajstić information content (AvgIpc) is 3.31. The lowest BCUT2D eigenvalue weighted by molar-refractivity contribution is -0.135. The van der Waals surface area contributed by atoms with Crippen LogP contribution in [0.25, 0.3) is 0 Å². The second-order valence-corrected chi connectivity index (χ2v) is 7.52. The average molecular weight is 399 g/mol. The van der Waals surface area contributed by atoms with Gasteiger partial charge in [-0.2, -0.15) is 5.10 Å². The van der Waals surface area contributed by atoms with Crippen molar-refractivity contribution in [3.05, 3.63) is 41.2 Å². The number of ether oxygens (including phenoxy) is 2. The molecule has 29 heavy (non-hydrogen) atoms. The van der Waals surface area contributed by atoms with Crippen LogP contribution >= 0.6 is 0 Å². The molecule has 3 heterocycles. The van der Waals surface area contributed by atoms with Gasteiger partial charge in [0.15, 0.2) is 11.5 Å². The van der Waals surface area contributed by atoms with Gasteiger partial charge in [-0.1, -0.05) is 6.07 Å². The highest BCUT2D eigenvalue weighted by Crippen LogP contribution is 2.32. The van der Waals surface area contributed by atoms with Crippen molar-refractivity contribution in [2.75, 3.05) is 26.4 Å². The Labute approximate surface area is 169 Å².